The Labute approximate surface area is 106 Å². The number of phenolic OH excluding ortho intramolecular Hbond substituents is 1. The largest absolute Gasteiger partial charge is 0.508 e. The maximum atomic E-state index is 9.47. The normalized spacial score (nSPS) is 17.9. The molecular formula is C14H17N3O. The van der Waals surface area contributed by atoms with E-state index in [1.54, 1.807) is 6.07 Å². The Kier molecular flexibility index (Phi) is 2.80. The average molecular weight is 243 g/mol. The highest BCUT2D eigenvalue weighted by atomic mass is 16.3. The van der Waals surface area contributed by atoms with Crippen LogP contribution in [0, 0.1) is 0 Å². The van der Waals surface area contributed by atoms with Crippen LogP contribution in [0.4, 0.5) is 0 Å². The molecule has 2 N–H and O–H groups in total. The van der Waals surface area contributed by atoms with Gasteiger partial charge < -0.3 is 15.0 Å². The molecule has 4 nitrogen and oxygen atoms in total. The van der Waals surface area contributed by atoms with E-state index < -0.39 is 0 Å². The van der Waals surface area contributed by atoms with Crippen molar-refractivity contribution in [1.82, 2.24) is 14.9 Å². The lowest BCUT2D eigenvalue weighted by Gasteiger charge is -2.14. The summed E-state index contributed by atoms with van der Waals surface area (Å²) in [5, 5.41) is 13.0. The van der Waals surface area contributed by atoms with Crippen LogP contribution < -0.4 is 5.32 Å². The number of nitrogens with zero attached hydrogens (tertiary/aromatic N) is 2. The fourth-order valence-corrected chi connectivity index (χ4v) is 2.60. The van der Waals surface area contributed by atoms with Crippen molar-refractivity contribution in [2.24, 2.45) is 7.05 Å². The Morgan fingerprint density at radius 1 is 1.50 bits per heavy atom. The van der Waals surface area contributed by atoms with Crippen LogP contribution in [0.15, 0.2) is 30.6 Å². The molecule has 4 heteroatoms. The summed E-state index contributed by atoms with van der Waals surface area (Å²) in [5.41, 5.74) is 2.56. The summed E-state index contributed by atoms with van der Waals surface area (Å²) in [5.74, 6) is 1.40. The molecule has 3 rings (SSSR count). The number of phenols is 1. The SMILES string of the molecule is Cn1ccnc1CNC1CCc2cc(O)ccc21. The molecule has 1 heterocycles. The van der Waals surface area contributed by atoms with E-state index in [2.05, 4.69) is 10.3 Å². The van der Waals surface area contributed by atoms with Gasteiger partial charge in [0.05, 0.1) is 6.54 Å². The molecule has 0 radical (unpaired) electrons. The van der Waals surface area contributed by atoms with Crippen molar-refractivity contribution in [2.45, 2.75) is 25.4 Å². The van der Waals surface area contributed by atoms with E-state index in [0.717, 1.165) is 25.2 Å². The molecule has 18 heavy (non-hydrogen) atoms. The Bertz CT molecular complexity index is 562. The summed E-state index contributed by atoms with van der Waals surface area (Å²) in [6, 6.07) is 6.03. The molecule has 2 aromatic rings. The van der Waals surface area contributed by atoms with Crippen LogP contribution in [0.3, 0.4) is 0 Å². The predicted molar refractivity (Wildman–Crippen MR) is 69.2 cm³/mol. The van der Waals surface area contributed by atoms with E-state index in [1.807, 2.05) is 36.1 Å². The molecule has 0 saturated carbocycles. The lowest BCUT2D eigenvalue weighted by Crippen LogP contribution is -2.20. The number of imidazole rings is 1. The molecule has 0 fully saturated rings. The zero-order chi connectivity index (χ0) is 12.5. The molecule has 0 amide bonds. The first kappa shape index (κ1) is 11.3. The van der Waals surface area contributed by atoms with Crippen molar-refractivity contribution < 1.29 is 5.11 Å². The Balaban J connectivity index is 1.71. The molecule has 1 aromatic carbocycles. The fourth-order valence-electron chi connectivity index (χ4n) is 2.60. The number of hydrogen-bond donors (Lipinski definition) is 2. The molecule has 1 aliphatic carbocycles. The number of benzene rings is 1. The standard InChI is InChI=1S/C14H17N3O/c1-17-7-6-15-14(17)9-16-13-5-2-10-8-11(18)3-4-12(10)13/h3-4,6-8,13,16,18H,2,5,9H2,1H3. The van der Waals surface area contributed by atoms with Crippen LogP contribution in [-0.2, 0) is 20.0 Å². The second-order valence-electron chi connectivity index (χ2n) is 4.81. The smallest absolute Gasteiger partial charge is 0.122 e. The molecule has 1 aliphatic rings. The van der Waals surface area contributed by atoms with Crippen molar-refractivity contribution in [3.05, 3.63) is 47.5 Å². The first-order chi connectivity index (χ1) is 8.74. The number of hydrogen-bond acceptors (Lipinski definition) is 3. The van der Waals surface area contributed by atoms with Crippen LogP contribution in [0.25, 0.3) is 0 Å². The second kappa shape index (κ2) is 4.46. The molecule has 1 atom stereocenters. The van der Waals surface area contributed by atoms with Gasteiger partial charge in [0.2, 0.25) is 0 Å². The molecule has 0 aliphatic heterocycles. The van der Waals surface area contributed by atoms with E-state index in [1.165, 1.54) is 11.1 Å². The quantitative estimate of drug-likeness (QED) is 0.865. The van der Waals surface area contributed by atoms with Crippen LogP contribution in [0.1, 0.15) is 29.4 Å². The first-order valence-electron chi connectivity index (χ1n) is 6.25. The minimum absolute atomic E-state index is 0.360. The monoisotopic (exact) mass is 243 g/mol. The summed E-state index contributed by atoms with van der Waals surface area (Å²) in [6.07, 6.45) is 5.89. The first-order valence-corrected chi connectivity index (χ1v) is 6.25. The van der Waals surface area contributed by atoms with Gasteiger partial charge >= 0.3 is 0 Å². The van der Waals surface area contributed by atoms with Crippen molar-refractivity contribution >= 4 is 0 Å². The Morgan fingerprint density at radius 3 is 3.17 bits per heavy atom. The third kappa shape index (κ3) is 1.99. The summed E-state index contributed by atoms with van der Waals surface area (Å²) < 4.78 is 2.03. The fraction of sp³-hybridized carbons (Fsp3) is 0.357. The summed E-state index contributed by atoms with van der Waals surface area (Å²) >= 11 is 0. The Morgan fingerprint density at radius 2 is 2.39 bits per heavy atom. The van der Waals surface area contributed by atoms with Gasteiger partial charge in [-0.2, -0.15) is 0 Å². The van der Waals surface area contributed by atoms with Gasteiger partial charge in [-0.25, -0.2) is 4.98 Å². The molecule has 0 spiro atoms. The van der Waals surface area contributed by atoms with Gasteiger partial charge in [0, 0.05) is 25.5 Å². The van der Waals surface area contributed by atoms with Crippen molar-refractivity contribution in [1.29, 1.82) is 0 Å². The van der Waals surface area contributed by atoms with Gasteiger partial charge in [-0.3, -0.25) is 0 Å². The van der Waals surface area contributed by atoms with E-state index in [0.29, 0.717) is 11.8 Å². The molecule has 1 aromatic heterocycles. The van der Waals surface area contributed by atoms with Crippen LogP contribution in [0.5, 0.6) is 5.75 Å². The summed E-state index contributed by atoms with van der Waals surface area (Å²) in [6.45, 7) is 0.772. The third-order valence-electron chi connectivity index (χ3n) is 3.63. The van der Waals surface area contributed by atoms with Crippen molar-refractivity contribution in [3.63, 3.8) is 0 Å². The highest BCUT2D eigenvalue weighted by Gasteiger charge is 2.22. The number of aryl methyl sites for hydroxylation is 2. The van der Waals surface area contributed by atoms with Crippen molar-refractivity contribution in [3.8, 4) is 5.75 Å². The van der Waals surface area contributed by atoms with Gasteiger partial charge in [-0.1, -0.05) is 6.07 Å². The van der Waals surface area contributed by atoms with Gasteiger partial charge in [-0.15, -0.1) is 0 Å². The predicted octanol–water partition coefficient (Wildman–Crippen LogP) is 1.90. The molecule has 0 bridgehead atoms. The van der Waals surface area contributed by atoms with E-state index in [-0.39, 0.29) is 0 Å². The zero-order valence-corrected chi connectivity index (χ0v) is 10.4. The molecular weight excluding hydrogens is 226 g/mol. The number of nitrogens with one attached hydrogen (secondary N) is 1. The molecule has 0 saturated heterocycles. The lowest BCUT2D eigenvalue weighted by molar-refractivity contribution is 0.474. The maximum absolute atomic E-state index is 9.47. The zero-order valence-electron chi connectivity index (χ0n) is 10.4. The Hall–Kier alpha value is -1.81. The van der Waals surface area contributed by atoms with Crippen molar-refractivity contribution in [2.75, 3.05) is 0 Å². The van der Waals surface area contributed by atoms with Gasteiger partial charge in [-0.05, 0) is 36.1 Å². The number of aromatic hydroxyl groups is 1. The number of aromatic nitrogens is 2. The van der Waals surface area contributed by atoms with Crippen LogP contribution in [0.2, 0.25) is 0 Å². The van der Waals surface area contributed by atoms with Gasteiger partial charge in [0.25, 0.3) is 0 Å². The number of fused-ring (bicyclic) bond motifs is 1. The van der Waals surface area contributed by atoms with Crippen LogP contribution in [-0.4, -0.2) is 14.7 Å². The van der Waals surface area contributed by atoms with E-state index in [9.17, 15) is 5.11 Å². The minimum Gasteiger partial charge on any atom is -0.508 e. The van der Waals surface area contributed by atoms with Gasteiger partial charge in [0.1, 0.15) is 11.6 Å². The summed E-state index contributed by atoms with van der Waals surface area (Å²) in [4.78, 5) is 4.31. The number of rotatable bonds is 3. The van der Waals surface area contributed by atoms with E-state index in [4.69, 9.17) is 0 Å². The molecule has 94 valence electrons. The minimum atomic E-state index is 0.360. The average Bonchev–Trinajstić information content (AvgIpc) is 2.93. The van der Waals surface area contributed by atoms with Crippen LogP contribution >= 0.6 is 0 Å². The highest BCUT2D eigenvalue weighted by molar-refractivity contribution is 5.40. The second-order valence-corrected chi connectivity index (χ2v) is 4.81. The molecule has 1 unspecified atom stereocenters. The summed E-state index contributed by atoms with van der Waals surface area (Å²) in [7, 11) is 2.00. The third-order valence-corrected chi connectivity index (χ3v) is 3.63. The maximum Gasteiger partial charge on any atom is 0.122 e. The van der Waals surface area contributed by atoms with E-state index >= 15 is 0 Å². The highest BCUT2D eigenvalue weighted by Crippen LogP contribution is 2.33. The lowest BCUT2D eigenvalue weighted by atomic mass is 10.1. The van der Waals surface area contributed by atoms with Gasteiger partial charge in [0.15, 0.2) is 0 Å². The topological polar surface area (TPSA) is 50.1 Å².